The molecule has 2 heterocycles. The van der Waals surface area contributed by atoms with Crippen LogP contribution in [-0.4, -0.2) is 130 Å². The zero-order chi connectivity index (χ0) is 65.6. The first kappa shape index (κ1) is 88.7. The van der Waals surface area contributed by atoms with Crippen LogP contribution in [0.3, 0.4) is 0 Å². The van der Waals surface area contributed by atoms with E-state index in [4.69, 9.17) is 69.0 Å². The minimum atomic E-state index is -3.18. The Morgan fingerprint density at radius 1 is 0.663 bits per heavy atom. The zero-order valence-corrected chi connectivity index (χ0v) is 59.1. The highest BCUT2D eigenvalue weighted by Gasteiger charge is 2.35. The number of halogens is 1. The van der Waals surface area contributed by atoms with E-state index in [0.717, 1.165) is 56.6 Å². The maximum absolute atomic E-state index is 12.7. The number of rotatable bonds is 34. The van der Waals surface area contributed by atoms with Crippen LogP contribution < -0.4 is 30.0 Å². The predicted octanol–water partition coefficient (Wildman–Crippen LogP) is 15.9. The first-order valence-electron chi connectivity index (χ1n) is 29.3. The van der Waals surface area contributed by atoms with Gasteiger partial charge in [0.15, 0.2) is 0 Å². The number of benzene rings is 2. The molecular formula is C63H113ClN2O19P2Si2. The third-order valence-corrected chi connectivity index (χ3v) is 20.3. The van der Waals surface area contributed by atoms with Crippen LogP contribution in [-0.2, 0) is 77.1 Å². The number of carbonyl (C=O) groups is 5. The van der Waals surface area contributed by atoms with Gasteiger partial charge in [0.05, 0.1) is 72.9 Å². The number of esters is 2. The number of nitrogens with one attached hydrogen (secondary N) is 1. The van der Waals surface area contributed by atoms with Gasteiger partial charge in [-0.15, -0.1) is 0 Å². The van der Waals surface area contributed by atoms with Gasteiger partial charge < -0.3 is 67.4 Å². The first-order valence-corrected chi connectivity index (χ1v) is 40.6. The first-order chi connectivity index (χ1) is 40.2. The average molecular weight is 1360 g/mol. The third kappa shape index (κ3) is 32.5. The highest BCUT2D eigenvalue weighted by Crippen LogP contribution is 2.48. The number of carbonyl (C=O) groups excluding carboxylic acids is 4. The summed E-state index contributed by atoms with van der Waals surface area (Å²) in [6.45, 7) is 35.8. The van der Waals surface area contributed by atoms with Crippen LogP contribution in [0.25, 0.3) is 0 Å². The van der Waals surface area contributed by atoms with Crippen LogP contribution in [0.5, 0.6) is 23.0 Å². The molecule has 4 N–H and O–H groups in total. The predicted molar refractivity (Wildman–Crippen MR) is 363 cm³/mol. The molecule has 0 radical (unpaired) electrons. The van der Waals surface area contributed by atoms with E-state index in [2.05, 4.69) is 49.3 Å². The van der Waals surface area contributed by atoms with Gasteiger partial charge in [0, 0.05) is 69.4 Å². The van der Waals surface area contributed by atoms with Crippen LogP contribution in [0.4, 0.5) is 4.79 Å². The summed E-state index contributed by atoms with van der Waals surface area (Å²) in [6, 6.07) is 1.93. The Kier molecular flexibility index (Phi) is 43.9. The molecule has 0 saturated carbocycles. The molecule has 0 fully saturated rings. The number of amides is 1. The number of hydrogen-bond donors (Lipinski definition) is 3. The lowest BCUT2D eigenvalue weighted by Gasteiger charge is -2.21. The second-order valence-corrected chi connectivity index (χ2v) is 38.9. The van der Waals surface area contributed by atoms with Crippen molar-refractivity contribution in [3.63, 3.8) is 0 Å². The molecule has 0 bridgehead atoms. The van der Waals surface area contributed by atoms with Crippen molar-refractivity contribution in [3.8, 4) is 23.0 Å². The summed E-state index contributed by atoms with van der Waals surface area (Å²) in [4.78, 5) is 58.2. The summed E-state index contributed by atoms with van der Waals surface area (Å²) in [5, 5.41) is 11.7. The lowest BCUT2D eigenvalue weighted by molar-refractivity contribution is -0.137. The second-order valence-electron chi connectivity index (χ2n) is 23.1. The lowest BCUT2D eigenvalue weighted by Crippen LogP contribution is -2.26. The number of fused-ring (bicyclic) bond motifs is 2. The molecule has 0 aromatic heterocycles. The van der Waals surface area contributed by atoms with E-state index in [9.17, 15) is 33.1 Å². The van der Waals surface area contributed by atoms with Crippen molar-refractivity contribution in [1.82, 2.24) is 5.32 Å². The van der Waals surface area contributed by atoms with E-state index in [0.29, 0.717) is 105 Å². The monoisotopic (exact) mass is 1350 g/mol. The molecule has 89 heavy (non-hydrogen) atoms. The standard InChI is InChI=1S/C28H46NO8PSi.C22H32O6Si.C5H9ClO2.C5H14NO3P.3CH4/c1-9-36-38(32,37-10-2)17-15-29-24(30)14-12-20(3)11-13-22-26(33-5)21(4)23-19-35-28(31)25(23)27(22)34-16-18-39(6,7)8;1-14(8-10-18(23)24)7-9-16-20(26-3)15(2)17-13-28-22(25)19(17)21(16)27-11-12-29(4,5)6;1-4(2)3-8-5(6)7;1-3-8-10(7,5-6)9-4-2;;;/h11H,9-10,12-19H2,1-8H3,(H,29,30);7H,8-13H2,1-6H3,(H,23,24);4H,3H2,1-2H3;3-6H2,1-2H3;3*1H4/b20-11+;14-7+;;;;;. The average Bonchev–Trinajstić information content (AvgIpc) is 1.73. The number of carboxylic acid groups (broad SMARTS) is 1. The molecular weight excluding hydrogens is 1240 g/mol. The lowest BCUT2D eigenvalue weighted by atomic mass is 9.94. The van der Waals surface area contributed by atoms with Crippen molar-refractivity contribution < 1.29 is 89.5 Å². The molecule has 2 aliphatic heterocycles. The minimum absolute atomic E-state index is 0. The Morgan fingerprint density at radius 2 is 1.04 bits per heavy atom. The number of ether oxygens (including phenoxy) is 7. The number of carboxylic acids is 1. The third-order valence-electron chi connectivity index (χ3n) is 13.0. The Hall–Kier alpha value is -4.55. The van der Waals surface area contributed by atoms with Gasteiger partial charge in [0.2, 0.25) is 5.91 Å². The number of aliphatic carboxylic acids is 1. The smallest absolute Gasteiger partial charge is 0.403 e. The van der Waals surface area contributed by atoms with Crippen molar-refractivity contribution in [2.45, 2.75) is 195 Å². The second kappa shape index (κ2) is 44.1. The molecule has 514 valence electrons. The largest absolute Gasteiger partial charge is 0.496 e. The summed E-state index contributed by atoms with van der Waals surface area (Å²) in [5.41, 5.74) is 12.5. The summed E-state index contributed by atoms with van der Waals surface area (Å²) in [7, 11) is -5.51. The molecule has 0 spiro atoms. The number of nitrogens with two attached hydrogens (primary N) is 1. The zero-order valence-electron chi connectivity index (χ0n) is 54.5. The molecule has 2 aliphatic rings. The normalized spacial score (nSPS) is 12.7. The molecule has 26 heteroatoms. The van der Waals surface area contributed by atoms with E-state index in [1.165, 1.54) is 0 Å². The Labute approximate surface area is 540 Å². The van der Waals surface area contributed by atoms with Crippen molar-refractivity contribution in [3.05, 3.63) is 67.8 Å². The van der Waals surface area contributed by atoms with E-state index < -0.39 is 42.7 Å². The van der Waals surface area contributed by atoms with E-state index in [-0.39, 0.29) is 92.0 Å². The van der Waals surface area contributed by atoms with Gasteiger partial charge in [0.25, 0.3) is 0 Å². The molecule has 2 aromatic carbocycles. The van der Waals surface area contributed by atoms with Crippen LogP contribution in [0.1, 0.15) is 157 Å². The molecule has 21 nitrogen and oxygen atoms in total. The molecule has 1 amide bonds. The Balaban J connectivity index is -0.00000129. The minimum Gasteiger partial charge on any atom is -0.496 e. The van der Waals surface area contributed by atoms with E-state index in [1.54, 1.807) is 41.9 Å². The van der Waals surface area contributed by atoms with E-state index >= 15 is 0 Å². The van der Waals surface area contributed by atoms with Gasteiger partial charge in [-0.05, 0) is 110 Å². The fourth-order valence-corrected chi connectivity index (χ4v) is 12.4. The topological polar surface area (TPSA) is 279 Å². The SMILES string of the molecule is C.C.C.CC(C)COC(=O)Cl.CCOP(=O)(CCNC(=O)CC/C(C)=C/Cc1c(OC)c(C)c2c(c1OCC[Si](C)(C)C)C(=O)OC2)OCC.CCOP(=O)(CN)OCC.COc1c(C)c2c(c(OCC[Si](C)(C)C)c1C/C=C(\C)CCC(=O)O)C(=O)OC2. The Bertz CT molecular complexity index is 2690. The van der Waals surface area contributed by atoms with Gasteiger partial charge in [-0.25, -0.2) is 14.4 Å². The van der Waals surface area contributed by atoms with Gasteiger partial charge in [-0.2, -0.15) is 0 Å². The van der Waals surface area contributed by atoms with Crippen molar-refractivity contribution in [2.75, 3.05) is 79.5 Å². The highest BCUT2D eigenvalue weighted by atomic mass is 35.5. The fraction of sp³-hybridized carbons (Fsp3) is 0.667. The molecule has 0 saturated heterocycles. The number of cyclic esters (lactones) is 2. The van der Waals surface area contributed by atoms with Crippen molar-refractivity contribution in [2.24, 2.45) is 11.7 Å². The van der Waals surface area contributed by atoms with Gasteiger partial charge >= 0.3 is 38.5 Å². The van der Waals surface area contributed by atoms with Crippen molar-refractivity contribution >= 4 is 72.2 Å². The van der Waals surface area contributed by atoms with Crippen LogP contribution in [0.2, 0.25) is 51.4 Å². The molecule has 0 atom stereocenters. The number of hydrogen-bond acceptors (Lipinski definition) is 19. The van der Waals surface area contributed by atoms with E-state index in [1.807, 2.05) is 53.7 Å². The summed E-state index contributed by atoms with van der Waals surface area (Å²) < 4.78 is 82.9. The van der Waals surface area contributed by atoms with Crippen molar-refractivity contribution in [1.29, 1.82) is 0 Å². The number of methoxy groups -OCH3 is 2. The summed E-state index contributed by atoms with van der Waals surface area (Å²) >= 11 is 4.86. The maximum atomic E-state index is 12.7. The van der Waals surface area contributed by atoms with Crippen LogP contribution in [0.15, 0.2) is 23.3 Å². The molecule has 2 aromatic rings. The Morgan fingerprint density at radius 3 is 1.36 bits per heavy atom. The summed E-state index contributed by atoms with van der Waals surface area (Å²) in [5.74, 6) is 1.17. The number of allylic oxidation sites excluding steroid dienone is 4. The van der Waals surface area contributed by atoms with Crippen LogP contribution in [0, 0.1) is 19.8 Å². The van der Waals surface area contributed by atoms with Gasteiger partial charge in [-0.1, -0.05) is 98.7 Å². The molecule has 0 aliphatic carbocycles. The van der Waals surface area contributed by atoms with Gasteiger partial charge in [0.1, 0.15) is 47.3 Å². The fourth-order valence-electron chi connectivity index (χ4n) is 8.38. The maximum Gasteiger partial charge on any atom is 0.403 e. The molecule has 0 unspecified atom stereocenters. The summed E-state index contributed by atoms with van der Waals surface area (Å²) in [6.07, 6.45) is 6.53. The quantitative estimate of drug-likeness (QED) is 0.0147. The van der Waals surface area contributed by atoms with Gasteiger partial charge in [-0.3, -0.25) is 18.7 Å². The highest BCUT2D eigenvalue weighted by molar-refractivity contribution is 7.54. The molecule has 4 rings (SSSR count). The van der Waals surface area contributed by atoms with Crippen LogP contribution >= 0.6 is 26.8 Å².